The quantitative estimate of drug-likeness (QED) is 0.251. The largest absolute Gasteiger partial charge is 0.465 e. The van der Waals surface area contributed by atoms with E-state index in [0.29, 0.717) is 5.39 Å². The zero-order valence-electron chi connectivity index (χ0n) is 18.9. The number of benzene rings is 3. The monoisotopic (exact) mass is 555 g/mol. The Hall–Kier alpha value is -3.01. The first-order valence-corrected chi connectivity index (χ1v) is 12.6. The molecule has 0 saturated carbocycles. The van der Waals surface area contributed by atoms with Crippen molar-refractivity contribution in [2.45, 2.75) is 24.4 Å². The lowest BCUT2D eigenvalue weighted by molar-refractivity contribution is -0.137. The van der Waals surface area contributed by atoms with Gasteiger partial charge in [0, 0.05) is 22.5 Å². The lowest BCUT2D eigenvalue weighted by Gasteiger charge is -2.15. The van der Waals surface area contributed by atoms with E-state index in [1.807, 2.05) is 0 Å². The van der Waals surface area contributed by atoms with Gasteiger partial charge in [0.15, 0.2) is 0 Å². The van der Waals surface area contributed by atoms with Crippen LogP contribution in [0.25, 0.3) is 10.9 Å². The van der Waals surface area contributed by atoms with E-state index in [2.05, 4.69) is 0 Å². The Morgan fingerprint density at radius 3 is 2.31 bits per heavy atom. The minimum absolute atomic E-state index is 0.0164. The molecule has 0 amide bonds. The molecular formula is C25H18Cl2F3NO4S. The van der Waals surface area contributed by atoms with Gasteiger partial charge in [-0.05, 0) is 60.5 Å². The number of carbonyl (C=O) groups excluding carboxylic acids is 1. The normalized spacial score (nSPS) is 12.2. The number of methoxy groups -OCH3 is 1. The van der Waals surface area contributed by atoms with Gasteiger partial charge in [0.1, 0.15) is 0 Å². The van der Waals surface area contributed by atoms with Crippen molar-refractivity contribution in [1.82, 2.24) is 3.97 Å². The molecule has 0 radical (unpaired) electrons. The summed E-state index contributed by atoms with van der Waals surface area (Å²) >= 11 is 12.8. The van der Waals surface area contributed by atoms with E-state index in [4.69, 9.17) is 27.9 Å². The summed E-state index contributed by atoms with van der Waals surface area (Å²) in [6, 6.07) is 13.4. The van der Waals surface area contributed by atoms with Crippen LogP contribution in [-0.2, 0) is 27.4 Å². The van der Waals surface area contributed by atoms with E-state index in [1.54, 1.807) is 6.07 Å². The van der Waals surface area contributed by atoms with Crippen molar-refractivity contribution < 1.29 is 31.1 Å². The van der Waals surface area contributed by atoms with Crippen LogP contribution in [0.5, 0.6) is 0 Å². The second kappa shape index (κ2) is 9.46. The standard InChI is InChI=1S/C25H18Cl2F3NO4S/c1-14-10-15(25(28,29)30)11-22-19(14)12-16(31(22)36(33,34)17-6-4-3-5-7-17)13-20-21(26)9-8-18(23(20)27)24(32)35-2/h3-12H,13H2,1-2H3. The zero-order chi connectivity index (χ0) is 26.4. The number of hydrogen-bond acceptors (Lipinski definition) is 4. The topological polar surface area (TPSA) is 65.4 Å². The van der Waals surface area contributed by atoms with E-state index < -0.39 is 27.7 Å². The van der Waals surface area contributed by atoms with Gasteiger partial charge < -0.3 is 4.74 Å². The van der Waals surface area contributed by atoms with E-state index in [-0.39, 0.29) is 49.3 Å². The van der Waals surface area contributed by atoms with Crippen LogP contribution in [0.15, 0.2) is 65.6 Å². The molecule has 0 aliphatic rings. The van der Waals surface area contributed by atoms with Crippen molar-refractivity contribution in [3.05, 3.63) is 98.7 Å². The van der Waals surface area contributed by atoms with Crippen molar-refractivity contribution >= 4 is 50.1 Å². The number of hydrogen-bond donors (Lipinski definition) is 0. The van der Waals surface area contributed by atoms with Crippen molar-refractivity contribution in [3.63, 3.8) is 0 Å². The molecule has 0 atom stereocenters. The Morgan fingerprint density at radius 2 is 1.69 bits per heavy atom. The van der Waals surface area contributed by atoms with Gasteiger partial charge in [-0.1, -0.05) is 41.4 Å². The predicted molar refractivity (Wildman–Crippen MR) is 131 cm³/mol. The zero-order valence-corrected chi connectivity index (χ0v) is 21.2. The van der Waals surface area contributed by atoms with E-state index >= 15 is 0 Å². The summed E-state index contributed by atoms with van der Waals surface area (Å²) in [5, 5.41) is 0.416. The Morgan fingerprint density at radius 1 is 1.03 bits per heavy atom. The molecule has 3 aromatic carbocycles. The minimum Gasteiger partial charge on any atom is -0.465 e. The molecule has 0 saturated heterocycles. The van der Waals surface area contributed by atoms with Crippen LogP contribution in [0.4, 0.5) is 13.2 Å². The lowest BCUT2D eigenvalue weighted by atomic mass is 10.0. The summed E-state index contributed by atoms with van der Waals surface area (Å²) in [4.78, 5) is 12.0. The number of esters is 1. The van der Waals surface area contributed by atoms with Crippen LogP contribution < -0.4 is 0 Å². The van der Waals surface area contributed by atoms with E-state index in [9.17, 15) is 26.4 Å². The van der Waals surface area contributed by atoms with Crippen molar-refractivity contribution in [3.8, 4) is 0 Å². The minimum atomic E-state index is -4.69. The smallest absolute Gasteiger partial charge is 0.416 e. The first-order chi connectivity index (χ1) is 16.9. The maximum atomic E-state index is 13.7. The number of fused-ring (bicyclic) bond motifs is 1. The van der Waals surface area contributed by atoms with Gasteiger partial charge >= 0.3 is 12.1 Å². The fourth-order valence-corrected chi connectivity index (χ4v) is 6.12. The van der Waals surface area contributed by atoms with Gasteiger partial charge in [-0.15, -0.1) is 0 Å². The highest BCUT2D eigenvalue weighted by Gasteiger charge is 2.33. The molecule has 5 nitrogen and oxygen atoms in total. The Bertz CT molecular complexity index is 1600. The van der Waals surface area contributed by atoms with Gasteiger partial charge in [-0.3, -0.25) is 0 Å². The van der Waals surface area contributed by atoms with Gasteiger partial charge in [0.25, 0.3) is 10.0 Å². The lowest BCUT2D eigenvalue weighted by Crippen LogP contribution is -2.17. The maximum Gasteiger partial charge on any atom is 0.416 e. The molecule has 188 valence electrons. The van der Waals surface area contributed by atoms with Crippen LogP contribution in [0.2, 0.25) is 10.0 Å². The van der Waals surface area contributed by atoms with Gasteiger partial charge in [0.05, 0.1) is 33.7 Å². The maximum absolute atomic E-state index is 13.7. The van der Waals surface area contributed by atoms with Crippen LogP contribution in [0.3, 0.4) is 0 Å². The molecule has 11 heteroatoms. The van der Waals surface area contributed by atoms with Crippen molar-refractivity contribution in [2.75, 3.05) is 7.11 Å². The molecule has 0 spiro atoms. The SMILES string of the molecule is COC(=O)c1ccc(Cl)c(Cc2cc3c(C)cc(C(F)(F)F)cc3n2S(=O)(=O)c2ccccc2)c1Cl. The van der Waals surface area contributed by atoms with Crippen LogP contribution in [-0.4, -0.2) is 25.5 Å². The number of halogens is 5. The highest BCUT2D eigenvalue weighted by atomic mass is 35.5. The molecular weight excluding hydrogens is 538 g/mol. The number of aryl methyl sites for hydroxylation is 1. The molecule has 0 fully saturated rings. The molecule has 0 unspecified atom stereocenters. The average molecular weight is 556 g/mol. The number of rotatable bonds is 5. The van der Waals surface area contributed by atoms with Crippen LogP contribution in [0.1, 0.15) is 32.7 Å². The fourth-order valence-electron chi connectivity index (χ4n) is 3.99. The summed E-state index contributed by atoms with van der Waals surface area (Å²) in [6.07, 6.45) is -4.88. The molecule has 36 heavy (non-hydrogen) atoms. The summed E-state index contributed by atoms with van der Waals surface area (Å²) < 4.78 is 73.9. The number of aromatic nitrogens is 1. The fraction of sp³-hybridized carbons (Fsp3) is 0.160. The average Bonchev–Trinajstić information content (AvgIpc) is 3.21. The van der Waals surface area contributed by atoms with Gasteiger partial charge in [-0.25, -0.2) is 17.2 Å². The number of ether oxygens (including phenoxy) is 1. The third-order valence-corrected chi connectivity index (χ3v) is 8.28. The first kappa shape index (κ1) is 26.1. The Labute approximate surface area is 215 Å². The Kier molecular flexibility index (Phi) is 6.85. The third-order valence-electron chi connectivity index (χ3n) is 5.71. The van der Waals surface area contributed by atoms with Crippen LogP contribution >= 0.6 is 23.2 Å². The van der Waals surface area contributed by atoms with E-state index in [1.165, 1.54) is 56.5 Å². The van der Waals surface area contributed by atoms with Crippen molar-refractivity contribution in [1.29, 1.82) is 0 Å². The number of carbonyl (C=O) groups is 1. The second-order valence-corrected chi connectivity index (χ2v) is 10.6. The van der Waals surface area contributed by atoms with E-state index in [0.717, 1.165) is 16.1 Å². The molecule has 1 aromatic heterocycles. The third kappa shape index (κ3) is 4.58. The molecule has 4 rings (SSSR count). The first-order valence-electron chi connectivity index (χ1n) is 10.4. The molecule has 1 heterocycles. The van der Waals surface area contributed by atoms with Gasteiger partial charge in [0.2, 0.25) is 0 Å². The van der Waals surface area contributed by atoms with Crippen LogP contribution in [0, 0.1) is 6.92 Å². The predicted octanol–water partition coefficient (Wildman–Crippen LogP) is 6.89. The van der Waals surface area contributed by atoms with Crippen molar-refractivity contribution in [2.24, 2.45) is 0 Å². The molecule has 0 N–H and O–H groups in total. The van der Waals surface area contributed by atoms with Gasteiger partial charge in [-0.2, -0.15) is 13.2 Å². The summed E-state index contributed by atoms with van der Waals surface area (Å²) in [6.45, 7) is 1.47. The summed E-state index contributed by atoms with van der Waals surface area (Å²) in [5.74, 6) is -0.721. The Balaban J connectivity index is 2.04. The summed E-state index contributed by atoms with van der Waals surface area (Å²) in [5.41, 5.74) is -0.529. The molecule has 0 bridgehead atoms. The molecule has 0 aliphatic carbocycles. The molecule has 0 aliphatic heterocycles. The second-order valence-electron chi connectivity index (χ2n) is 8.00. The highest BCUT2D eigenvalue weighted by Crippen LogP contribution is 2.38. The number of nitrogens with zero attached hydrogens (tertiary/aromatic N) is 1. The summed E-state index contributed by atoms with van der Waals surface area (Å²) in [7, 11) is -3.16. The number of alkyl halides is 3. The highest BCUT2D eigenvalue weighted by molar-refractivity contribution is 7.90. The molecule has 4 aromatic rings.